The molecule has 5 aromatic rings. The van der Waals surface area contributed by atoms with Gasteiger partial charge < -0.3 is 4.90 Å². The number of benzene rings is 5. The molecule has 6 rings (SSSR count). The molecule has 1 heteroatoms. The molecule has 0 saturated carbocycles. The van der Waals surface area contributed by atoms with Crippen LogP contribution in [-0.4, -0.2) is 6.54 Å². The maximum atomic E-state index is 2.44. The lowest BCUT2D eigenvalue weighted by Gasteiger charge is -2.30. The normalized spacial score (nSPS) is 15.0. The van der Waals surface area contributed by atoms with E-state index in [-0.39, 0.29) is 5.92 Å². The standard InChI is InChI=1S/C44H41N/c1-34-21-27-39(28-22-34)43(40-29-23-35(2)24-30-40)20-12-13-36-25-31-42(32-26-36)45(41-18-10-5-11-19-41)33-44(37-14-6-3-7-15-37)38-16-8-4-9-17-38/h3-23,25-32,35,44H,24,33H2,1-2H3/b13-12+,43-20-. The Labute approximate surface area is 269 Å². The first-order valence-corrected chi connectivity index (χ1v) is 16.0. The van der Waals surface area contributed by atoms with Crippen molar-refractivity contribution < 1.29 is 0 Å². The van der Waals surface area contributed by atoms with Gasteiger partial charge in [0.15, 0.2) is 0 Å². The van der Waals surface area contributed by atoms with Gasteiger partial charge in [0, 0.05) is 23.8 Å². The Kier molecular flexibility index (Phi) is 9.68. The van der Waals surface area contributed by atoms with Crippen molar-refractivity contribution in [2.45, 2.75) is 26.2 Å². The van der Waals surface area contributed by atoms with Gasteiger partial charge in [-0.3, -0.25) is 0 Å². The number of para-hydroxylation sites is 1. The molecule has 222 valence electrons. The number of hydrogen-bond donors (Lipinski definition) is 0. The number of allylic oxidation sites excluding steroid dienone is 7. The summed E-state index contributed by atoms with van der Waals surface area (Å²) < 4.78 is 0. The molecule has 0 saturated heterocycles. The lowest BCUT2D eigenvalue weighted by Crippen LogP contribution is -2.24. The summed E-state index contributed by atoms with van der Waals surface area (Å²) in [6.07, 6.45) is 14.7. The first kappa shape index (κ1) is 29.9. The van der Waals surface area contributed by atoms with Crippen LogP contribution < -0.4 is 4.90 Å². The molecule has 0 bridgehead atoms. The third-order valence-electron chi connectivity index (χ3n) is 8.58. The predicted octanol–water partition coefficient (Wildman–Crippen LogP) is 11.6. The molecule has 1 atom stereocenters. The van der Waals surface area contributed by atoms with Crippen molar-refractivity contribution >= 4 is 23.0 Å². The van der Waals surface area contributed by atoms with E-state index < -0.39 is 0 Å². The fourth-order valence-corrected chi connectivity index (χ4v) is 5.96. The molecular formula is C44H41N. The molecule has 1 unspecified atom stereocenters. The quantitative estimate of drug-likeness (QED) is 0.148. The summed E-state index contributed by atoms with van der Waals surface area (Å²) in [5, 5.41) is 0. The van der Waals surface area contributed by atoms with Gasteiger partial charge in [-0.1, -0.05) is 164 Å². The van der Waals surface area contributed by atoms with Crippen LogP contribution in [0.2, 0.25) is 0 Å². The Balaban J connectivity index is 1.29. The van der Waals surface area contributed by atoms with Crippen LogP contribution in [0.4, 0.5) is 11.4 Å². The second-order valence-corrected chi connectivity index (χ2v) is 11.9. The third-order valence-corrected chi connectivity index (χ3v) is 8.58. The lowest BCUT2D eigenvalue weighted by atomic mass is 9.90. The monoisotopic (exact) mass is 583 g/mol. The minimum atomic E-state index is 0.226. The van der Waals surface area contributed by atoms with Crippen LogP contribution in [0, 0.1) is 12.8 Å². The minimum absolute atomic E-state index is 0.226. The summed E-state index contributed by atoms with van der Waals surface area (Å²) in [4.78, 5) is 2.44. The predicted molar refractivity (Wildman–Crippen MR) is 194 cm³/mol. The largest absolute Gasteiger partial charge is 0.341 e. The molecule has 1 aliphatic carbocycles. The van der Waals surface area contributed by atoms with Crippen molar-refractivity contribution in [2.24, 2.45) is 5.92 Å². The Hall–Kier alpha value is -5.14. The second kappa shape index (κ2) is 14.6. The van der Waals surface area contributed by atoms with Gasteiger partial charge in [-0.25, -0.2) is 0 Å². The maximum Gasteiger partial charge on any atom is 0.0411 e. The van der Waals surface area contributed by atoms with Crippen LogP contribution >= 0.6 is 0 Å². The number of aryl methyl sites for hydroxylation is 1. The van der Waals surface area contributed by atoms with Gasteiger partial charge in [-0.15, -0.1) is 0 Å². The third kappa shape index (κ3) is 7.69. The molecule has 0 aromatic heterocycles. The number of rotatable bonds is 10. The van der Waals surface area contributed by atoms with Crippen LogP contribution in [0.1, 0.15) is 47.1 Å². The molecule has 0 fully saturated rings. The van der Waals surface area contributed by atoms with E-state index in [9.17, 15) is 0 Å². The number of nitrogens with zero attached hydrogens (tertiary/aromatic N) is 1. The van der Waals surface area contributed by atoms with Gasteiger partial charge in [-0.2, -0.15) is 0 Å². The summed E-state index contributed by atoms with van der Waals surface area (Å²) in [6, 6.07) is 50.2. The zero-order valence-electron chi connectivity index (χ0n) is 26.3. The van der Waals surface area contributed by atoms with Crippen molar-refractivity contribution in [2.75, 3.05) is 11.4 Å². The van der Waals surface area contributed by atoms with E-state index in [2.05, 4.69) is 195 Å². The van der Waals surface area contributed by atoms with Crippen LogP contribution in [0.5, 0.6) is 0 Å². The molecule has 0 amide bonds. The van der Waals surface area contributed by atoms with Crippen molar-refractivity contribution in [1.82, 2.24) is 0 Å². The summed E-state index contributed by atoms with van der Waals surface area (Å²) in [5.41, 5.74) is 11.3. The van der Waals surface area contributed by atoms with Crippen molar-refractivity contribution in [3.05, 3.63) is 203 Å². The van der Waals surface area contributed by atoms with E-state index in [1.54, 1.807) is 0 Å². The van der Waals surface area contributed by atoms with Crippen molar-refractivity contribution in [3.63, 3.8) is 0 Å². The summed E-state index contributed by atoms with van der Waals surface area (Å²) in [5.74, 6) is 0.817. The molecule has 0 heterocycles. The first-order chi connectivity index (χ1) is 22.1. The van der Waals surface area contributed by atoms with E-state index in [1.807, 2.05) is 0 Å². The van der Waals surface area contributed by atoms with E-state index in [4.69, 9.17) is 0 Å². The average molecular weight is 584 g/mol. The van der Waals surface area contributed by atoms with Crippen LogP contribution in [0.3, 0.4) is 0 Å². The molecule has 0 aliphatic heterocycles. The van der Waals surface area contributed by atoms with Crippen molar-refractivity contribution in [1.29, 1.82) is 0 Å². The zero-order chi connectivity index (χ0) is 30.8. The molecule has 5 aromatic carbocycles. The fraction of sp³-hybridized carbons (Fsp3) is 0.136. The SMILES string of the molecule is Cc1ccc(/C(=C/C=C/c2ccc(N(CC(c3ccccc3)c3ccccc3)c3ccccc3)cc2)C2=CCC(C)C=C2)cc1. The number of hydrogen-bond acceptors (Lipinski definition) is 1. The van der Waals surface area contributed by atoms with E-state index in [0.29, 0.717) is 5.92 Å². The van der Waals surface area contributed by atoms with Gasteiger partial charge in [0.1, 0.15) is 0 Å². The highest BCUT2D eigenvalue weighted by Gasteiger charge is 2.20. The van der Waals surface area contributed by atoms with Gasteiger partial charge in [-0.05, 0) is 76.9 Å². The summed E-state index contributed by atoms with van der Waals surface area (Å²) in [6.45, 7) is 5.24. The first-order valence-electron chi connectivity index (χ1n) is 16.0. The van der Waals surface area contributed by atoms with Gasteiger partial charge >= 0.3 is 0 Å². The van der Waals surface area contributed by atoms with Gasteiger partial charge in [0.25, 0.3) is 0 Å². The van der Waals surface area contributed by atoms with E-state index in [0.717, 1.165) is 13.0 Å². The fourth-order valence-electron chi connectivity index (χ4n) is 5.96. The molecule has 0 N–H and O–H groups in total. The molecule has 45 heavy (non-hydrogen) atoms. The highest BCUT2D eigenvalue weighted by atomic mass is 15.1. The smallest absolute Gasteiger partial charge is 0.0411 e. The topological polar surface area (TPSA) is 3.24 Å². The summed E-state index contributed by atoms with van der Waals surface area (Å²) in [7, 11) is 0. The molecular weight excluding hydrogens is 542 g/mol. The van der Waals surface area contributed by atoms with Crippen LogP contribution in [0.15, 0.2) is 175 Å². The van der Waals surface area contributed by atoms with Crippen LogP contribution in [0.25, 0.3) is 11.6 Å². The second-order valence-electron chi connectivity index (χ2n) is 11.9. The Morgan fingerprint density at radius 3 is 1.87 bits per heavy atom. The van der Waals surface area contributed by atoms with Gasteiger partial charge in [0.05, 0.1) is 0 Å². The van der Waals surface area contributed by atoms with Crippen molar-refractivity contribution in [3.8, 4) is 0 Å². The molecule has 1 nitrogen and oxygen atoms in total. The highest BCUT2D eigenvalue weighted by Crippen LogP contribution is 2.33. The Bertz CT molecular complexity index is 1740. The summed E-state index contributed by atoms with van der Waals surface area (Å²) >= 11 is 0. The Morgan fingerprint density at radius 1 is 0.711 bits per heavy atom. The number of anilines is 2. The van der Waals surface area contributed by atoms with E-state index >= 15 is 0 Å². The zero-order valence-corrected chi connectivity index (χ0v) is 26.3. The highest BCUT2D eigenvalue weighted by molar-refractivity contribution is 5.83. The average Bonchev–Trinajstić information content (AvgIpc) is 3.10. The molecule has 0 spiro atoms. The van der Waals surface area contributed by atoms with E-state index in [1.165, 1.54) is 50.3 Å². The molecule has 0 radical (unpaired) electrons. The minimum Gasteiger partial charge on any atom is -0.341 e. The Morgan fingerprint density at radius 2 is 1.29 bits per heavy atom. The lowest BCUT2D eigenvalue weighted by molar-refractivity contribution is 0.733. The molecule has 1 aliphatic rings. The van der Waals surface area contributed by atoms with Crippen LogP contribution in [-0.2, 0) is 0 Å². The van der Waals surface area contributed by atoms with Gasteiger partial charge in [0.2, 0.25) is 0 Å². The maximum absolute atomic E-state index is 2.44.